The second-order valence-corrected chi connectivity index (χ2v) is 6.55. The molecular weight excluding hydrogens is 278 g/mol. The first-order chi connectivity index (χ1) is 9.50. The number of Topliss-reactive ketones (excluding diaryl/α,β-unsaturated/α-hetero) is 1. The van der Waals surface area contributed by atoms with Crippen LogP contribution in [0.1, 0.15) is 25.5 Å². The molecule has 0 radical (unpaired) electrons. The van der Waals surface area contributed by atoms with Crippen molar-refractivity contribution in [2.75, 3.05) is 13.1 Å². The summed E-state index contributed by atoms with van der Waals surface area (Å²) in [5.41, 5.74) is -0.113. The lowest BCUT2D eigenvalue weighted by Crippen LogP contribution is -2.44. The number of rotatable bonds is 3. The molecule has 2 heterocycles. The van der Waals surface area contributed by atoms with Gasteiger partial charge < -0.3 is 0 Å². The molecule has 1 fully saturated rings. The van der Waals surface area contributed by atoms with Crippen molar-refractivity contribution >= 4 is 15.8 Å². The van der Waals surface area contributed by atoms with Gasteiger partial charge in [0, 0.05) is 31.6 Å². The van der Waals surface area contributed by atoms with Crippen LogP contribution >= 0.6 is 0 Å². The van der Waals surface area contributed by atoms with Crippen molar-refractivity contribution in [2.24, 2.45) is 5.92 Å². The maximum absolute atomic E-state index is 12.6. The number of carbonyl (C=O) groups is 1. The summed E-state index contributed by atoms with van der Waals surface area (Å²) >= 11 is 0. The summed E-state index contributed by atoms with van der Waals surface area (Å²) in [5.74, 6) is -0.161. The van der Waals surface area contributed by atoms with Gasteiger partial charge in [0.05, 0.1) is 0 Å². The van der Waals surface area contributed by atoms with Crippen LogP contribution in [-0.2, 0) is 14.8 Å². The monoisotopic (exact) mass is 293 g/mol. The lowest BCUT2D eigenvalue weighted by Gasteiger charge is -2.30. The van der Waals surface area contributed by atoms with Crippen molar-refractivity contribution in [3.63, 3.8) is 0 Å². The van der Waals surface area contributed by atoms with Crippen molar-refractivity contribution < 1.29 is 13.2 Å². The maximum Gasteiger partial charge on any atom is 0.245 e. The Morgan fingerprint density at radius 3 is 2.95 bits per heavy atom. The van der Waals surface area contributed by atoms with Crippen molar-refractivity contribution in [3.05, 3.63) is 24.0 Å². The third-order valence-corrected chi connectivity index (χ3v) is 5.37. The normalized spacial score (nSPS) is 20.6. The zero-order chi connectivity index (χ0) is 14.8. The van der Waals surface area contributed by atoms with Crippen LogP contribution < -0.4 is 0 Å². The molecule has 0 saturated carbocycles. The van der Waals surface area contributed by atoms with Crippen LogP contribution in [0.25, 0.3) is 0 Å². The van der Waals surface area contributed by atoms with Gasteiger partial charge in [-0.2, -0.15) is 9.57 Å². The van der Waals surface area contributed by atoms with E-state index in [9.17, 15) is 13.2 Å². The molecule has 0 amide bonds. The SMILES string of the molecule is CCC1CN(S(=O)(=O)c2cccnc2C#N)CCC1=O. The van der Waals surface area contributed by atoms with Crippen LogP contribution in [0.4, 0.5) is 0 Å². The van der Waals surface area contributed by atoms with Gasteiger partial charge in [-0.25, -0.2) is 13.4 Å². The van der Waals surface area contributed by atoms with E-state index < -0.39 is 10.0 Å². The molecule has 2 rings (SSSR count). The second-order valence-electron chi connectivity index (χ2n) is 4.65. The fourth-order valence-electron chi connectivity index (χ4n) is 2.27. The molecule has 0 bridgehead atoms. The van der Waals surface area contributed by atoms with Gasteiger partial charge in [-0.15, -0.1) is 0 Å². The van der Waals surface area contributed by atoms with E-state index in [1.165, 1.54) is 22.6 Å². The Morgan fingerprint density at radius 2 is 2.30 bits per heavy atom. The number of ketones is 1. The lowest BCUT2D eigenvalue weighted by molar-refractivity contribution is -0.125. The Hall–Kier alpha value is -1.78. The minimum atomic E-state index is -3.78. The predicted octanol–water partition coefficient (Wildman–Crippen LogP) is 0.943. The molecule has 1 saturated heterocycles. The number of aromatic nitrogens is 1. The lowest BCUT2D eigenvalue weighted by atomic mass is 9.96. The van der Waals surface area contributed by atoms with Gasteiger partial charge in [-0.3, -0.25) is 4.79 Å². The van der Waals surface area contributed by atoms with E-state index in [1.54, 1.807) is 6.07 Å². The summed E-state index contributed by atoms with van der Waals surface area (Å²) in [6.45, 7) is 2.21. The number of pyridine rings is 1. The summed E-state index contributed by atoms with van der Waals surface area (Å²) in [6, 6.07) is 4.65. The quantitative estimate of drug-likeness (QED) is 0.827. The van der Waals surface area contributed by atoms with E-state index in [0.29, 0.717) is 6.42 Å². The van der Waals surface area contributed by atoms with Gasteiger partial charge in [0.1, 0.15) is 16.7 Å². The minimum Gasteiger partial charge on any atom is -0.299 e. The molecule has 1 atom stereocenters. The van der Waals surface area contributed by atoms with Gasteiger partial charge in [0.25, 0.3) is 0 Å². The van der Waals surface area contributed by atoms with E-state index in [4.69, 9.17) is 5.26 Å². The molecular formula is C13H15N3O3S. The van der Waals surface area contributed by atoms with Gasteiger partial charge in [-0.05, 0) is 18.6 Å². The van der Waals surface area contributed by atoms with Gasteiger partial charge in [0.2, 0.25) is 10.0 Å². The number of hydrogen-bond donors (Lipinski definition) is 0. The van der Waals surface area contributed by atoms with Gasteiger partial charge in [0.15, 0.2) is 5.69 Å². The summed E-state index contributed by atoms with van der Waals surface area (Å²) in [4.78, 5) is 15.4. The first-order valence-electron chi connectivity index (χ1n) is 6.38. The topological polar surface area (TPSA) is 91.1 Å². The summed E-state index contributed by atoms with van der Waals surface area (Å²) in [7, 11) is -3.78. The largest absolute Gasteiger partial charge is 0.299 e. The molecule has 1 aromatic heterocycles. The number of nitrogens with zero attached hydrogens (tertiary/aromatic N) is 3. The zero-order valence-electron chi connectivity index (χ0n) is 11.1. The highest BCUT2D eigenvalue weighted by Gasteiger charge is 2.34. The number of carbonyl (C=O) groups excluding carboxylic acids is 1. The molecule has 106 valence electrons. The Kier molecular flexibility index (Phi) is 4.16. The third-order valence-electron chi connectivity index (χ3n) is 3.47. The van der Waals surface area contributed by atoms with Gasteiger partial charge >= 0.3 is 0 Å². The highest BCUT2D eigenvalue weighted by molar-refractivity contribution is 7.89. The standard InChI is InChI=1S/C13H15N3O3S/c1-2-10-9-16(7-5-12(10)17)20(18,19)13-4-3-6-15-11(13)8-14/h3-4,6,10H,2,5,7,9H2,1H3. The van der Waals surface area contributed by atoms with Crippen molar-refractivity contribution in [1.82, 2.24) is 9.29 Å². The van der Waals surface area contributed by atoms with Crippen molar-refractivity contribution in [1.29, 1.82) is 5.26 Å². The summed E-state index contributed by atoms with van der Waals surface area (Å²) in [5, 5.41) is 8.97. The maximum atomic E-state index is 12.6. The van der Waals surface area contributed by atoms with E-state index in [2.05, 4.69) is 4.98 Å². The summed E-state index contributed by atoms with van der Waals surface area (Å²) in [6.07, 6.45) is 2.22. The molecule has 0 N–H and O–H groups in total. The average molecular weight is 293 g/mol. The van der Waals surface area contributed by atoms with E-state index in [0.717, 1.165) is 0 Å². The number of piperidine rings is 1. The molecule has 1 aliphatic rings. The molecule has 1 aromatic rings. The predicted molar refractivity (Wildman–Crippen MR) is 71.1 cm³/mol. The Morgan fingerprint density at radius 1 is 1.55 bits per heavy atom. The first-order valence-corrected chi connectivity index (χ1v) is 7.82. The Bertz CT molecular complexity index is 664. The van der Waals surface area contributed by atoms with Crippen LogP contribution in [0.15, 0.2) is 23.2 Å². The molecule has 20 heavy (non-hydrogen) atoms. The van der Waals surface area contributed by atoms with Crippen LogP contribution in [-0.4, -0.2) is 36.6 Å². The number of nitriles is 1. The molecule has 7 heteroatoms. The fourth-order valence-corrected chi connectivity index (χ4v) is 3.85. The van der Waals surface area contributed by atoms with Crippen LogP contribution in [0.2, 0.25) is 0 Å². The fraction of sp³-hybridized carbons (Fsp3) is 0.462. The first kappa shape index (κ1) is 14.6. The molecule has 1 aliphatic heterocycles. The minimum absolute atomic E-state index is 0.0910. The molecule has 1 unspecified atom stereocenters. The third kappa shape index (κ3) is 2.57. The van der Waals surface area contributed by atoms with Crippen molar-refractivity contribution in [2.45, 2.75) is 24.7 Å². The zero-order valence-corrected chi connectivity index (χ0v) is 11.9. The molecule has 0 spiro atoms. The Labute approximate surface area is 118 Å². The summed E-state index contributed by atoms with van der Waals surface area (Å²) < 4.78 is 26.4. The van der Waals surface area contributed by atoms with E-state index in [-0.39, 0.29) is 41.8 Å². The molecule has 0 aliphatic carbocycles. The van der Waals surface area contributed by atoms with Crippen molar-refractivity contribution in [3.8, 4) is 6.07 Å². The van der Waals surface area contributed by atoms with E-state index >= 15 is 0 Å². The van der Waals surface area contributed by atoms with Gasteiger partial charge in [-0.1, -0.05) is 6.92 Å². The van der Waals surface area contributed by atoms with Crippen LogP contribution in [0.5, 0.6) is 0 Å². The Balaban J connectivity index is 2.36. The highest BCUT2D eigenvalue weighted by atomic mass is 32.2. The van der Waals surface area contributed by atoms with E-state index in [1.807, 2.05) is 6.92 Å². The smallest absolute Gasteiger partial charge is 0.245 e. The molecule has 0 aromatic carbocycles. The number of hydrogen-bond acceptors (Lipinski definition) is 5. The second kappa shape index (κ2) is 5.69. The number of sulfonamides is 1. The van der Waals surface area contributed by atoms with Crippen LogP contribution in [0, 0.1) is 17.2 Å². The highest BCUT2D eigenvalue weighted by Crippen LogP contribution is 2.24. The molecule has 6 nitrogen and oxygen atoms in total. The average Bonchev–Trinajstić information content (AvgIpc) is 2.47. The van der Waals surface area contributed by atoms with Crippen LogP contribution in [0.3, 0.4) is 0 Å².